The molecule has 0 saturated carbocycles. The Morgan fingerprint density at radius 1 is 1.00 bits per heavy atom. The van der Waals surface area contributed by atoms with E-state index in [1.165, 1.54) is 11.7 Å². The summed E-state index contributed by atoms with van der Waals surface area (Å²) >= 11 is 1.12. The second-order valence-corrected chi connectivity index (χ2v) is 8.37. The maximum absolute atomic E-state index is 13.6. The molecule has 0 radical (unpaired) electrons. The van der Waals surface area contributed by atoms with Gasteiger partial charge in [-0.3, -0.25) is 19.0 Å². The highest BCUT2D eigenvalue weighted by Gasteiger charge is 2.25. The second kappa shape index (κ2) is 9.75. The van der Waals surface area contributed by atoms with E-state index < -0.39 is 17.6 Å². The van der Waals surface area contributed by atoms with Crippen molar-refractivity contribution in [2.75, 3.05) is 20.2 Å². The van der Waals surface area contributed by atoms with E-state index in [2.05, 4.69) is 10.6 Å². The van der Waals surface area contributed by atoms with Gasteiger partial charge in [0.2, 0.25) is 0 Å². The van der Waals surface area contributed by atoms with Gasteiger partial charge in [-0.1, -0.05) is 48.5 Å². The highest BCUT2D eigenvalue weighted by atomic mass is 32.1. The van der Waals surface area contributed by atoms with E-state index >= 15 is 0 Å². The first-order valence-electron chi connectivity index (χ1n) is 10.4. The van der Waals surface area contributed by atoms with Gasteiger partial charge in [0.25, 0.3) is 11.5 Å². The van der Waals surface area contributed by atoms with E-state index in [1.807, 2.05) is 18.2 Å². The normalized spacial score (nSPS) is 10.9. The number of Topliss-reactive ketones (excluding diaryl/α,β-unsaturated/α-hetero) is 1. The number of nitrogens with one attached hydrogen (secondary N) is 2. The molecule has 34 heavy (non-hydrogen) atoms. The zero-order valence-electron chi connectivity index (χ0n) is 18.2. The number of pyridine rings is 1. The predicted octanol–water partition coefficient (Wildman–Crippen LogP) is 3.11. The monoisotopic (exact) mass is 479 g/mol. The Hall–Kier alpha value is -4.18. The summed E-state index contributed by atoms with van der Waals surface area (Å²) in [4.78, 5) is 50.1. The minimum atomic E-state index is -1.19. The van der Waals surface area contributed by atoms with E-state index in [9.17, 15) is 19.2 Å². The molecule has 0 aliphatic carbocycles. The first-order valence-corrected chi connectivity index (χ1v) is 11.2. The Labute approximate surface area is 197 Å². The summed E-state index contributed by atoms with van der Waals surface area (Å²) in [7, 11) is 1.37. The average Bonchev–Trinajstić information content (AvgIpc) is 3.25. The fourth-order valence-electron chi connectivity index (χ4n) is 3.73. The number of carbonyl (C=O) groups is 3. The van der Waals surface area contributed by atoms with E-state index in [0.717, 1.165) is 11.3 Å². The highest BCUT2D eigenvalue weighted by Crippen LogP contribution is 2.39. The SMILES string of the molecule is COc1c(C(=O)NCCNC(=O)O)sc2c1c(=O)n(CC(=O)c1ccccc1)c1ccccc21. The van der Waals surface area contributed by atoms with Crippen LogP contribution in [0.4, 0.5) is 4.79 Å². The summed E-state index contributed by atoms with van der Waals surface area (Å²) in [6.45, 7) is -0.0641. The van der Waals surface area contributed by atoms with Crippen LogP contribution in [0.3, 0.4) is 0 Å². The number of carbonyl (C=O) groups excluding carboxylic acids is 2. The van der Waals surface area contributed by atoms with Crippen LogP contribution in [0.15, 0.2) is 59.4 Å². The van der Waals surface area contributed by atoms with Gasteiger partial charge >= 0.3 is 6.09 Å². The molecule has 9 nitrogen and oxygen atoms in total. The van der Waals surface area contributed by atoms with Crippen LogP contribution in [0, 0.1) is 0 Å². The third kappa shape index (κ3) is 4.35. The van der Waals surface area contributed by atoms with E-state index in [1.54, 1.807) is 36.4 Å². The smallest absolute Gasteiger partial charge is 0.404 e. The number of rotatable bonds is 8. The van der Waals surface area contributed by atoms with Crippen molar-refractivity contribution in [2.24, 2.45) is 0 Å². The Bertz CT molecular complexity index is 1460. The molecule has 0 fully saturated rings. The fraction of sp³-hybridized carbons (Fsp3) is 0.167. The summed E-state index contributed by atoms with van der Waals surface area (Å²) in [6, 6.07) is 15.9. The van der Waals surface area contributed by atoms with Crippen molar-refractivity contribution in [3.05, 3.63) is 75.4 Å². The summed E-state index contributed by atoms with van der Waals surface area (Å²) < 4.78 is 7.46. The first kappa shape index (κ1) is 23.0. The van der Waals surface area contributed by atoms with Crippen molar-refractivity contribution in [2.45, 2.75) is 6.54 Å². The van der Waals surface area contributed by atoms with Crippen molar-refractivity contribution in [3.8, 4) is 5.75 Å². The van der Waals surface area contributed by atoms with Gasteiger partial charge in [-0.05, 0) is 6.07 Å². The number of nitrogens with zero attached hydrogens (tertiary/aromatic N) is 1. The molecule has 2 aromatic heterocycles. The number of thiophene rings is 1. The Balaban J connectivity index is 1.81. The summed E-state index contributed by atoms with van der Waals surface area (Å²) in [5.41, 5.74) is 0.634. The lowest BCUT2D eigenvalue weighted by Gasteiger charge is -2.11. The van der Waals surface area contributed by atoms with Crippen molar-refractivity contribution >= 4 is 50.1 Å². The number of para-hydroxylation sites is 1. The number of fused-ring (bicyclic) bond motifs is 3. The van der Waals surface area contributed by atoms with Crippen LogP contribution in [-0.2, 0) is 6.54 Å². The molecule has 4 aromatic rings. The van der Waals surface area contributed by atoms with Crippen molar-refractivity contribution < 1.29 is 24.2 Å². The molecular formula is C24H21N3O6S. The van der Waals surface area contributed by atoms with Crippen LogP contribution < -0.4 is 20.9 Å². The van der Waals surface area contributed by atoms with Crippen LogP contribution in [0.5, 0.6) is 5.75 Å². The molecule has 3 N–H and O–H groups in total. The molecule has 0 saturated heterocycles. The van der Waals surface area contributed by atoms with Gasteiger partial charge in [-0.25, -0.2) is 4.79 Å². The molecule has 0 atom stereocenters. The zero-order valence-corrected chi connectivity index (χ0v) is 19.0. The van der Waals surface area contributed by atoms with E-state index in [4.69, 9.17) is 9.84 Å². The second-order valence-electron chi connectivity index (χ2n) is 7.35. The van der Waals surface area contributed by atoms with E-state index in [0.29, 0.717) is 21.2 Å². The molecular weight excluding hydrogens is 458 g/mol. The number of ether oxygens (including phenoxy) is 1. The largest absolute Gasteiger partial charge is 0.494 e. The molecule has 0 unspecified atom stereocenters. The van der Waals surface area contributed by atoms with Gasteiger partial charge in [0.05, 0.1) is 23.9 Å². The van der Waals surface area contributed by atoms with Gasteiger partial charge in [0, 0.05) is 24.0 Å². The molecule has 4 rings (SSSR count). The maximum atomic E-state index is 13.6. The summed E-state index contributed by atoms with van der Waals surface area (Å²) in [6.07, 6.45) is -1.19. The Morgan fingerprint density at radius 2 is 1.68 bits per heavy atom. The number of hydrogen-bond donors (Lipinski definition) is 3. The molecule has 0 bridgehead atoms. The van der Waals surface area contributed by atoms with Crippen molar-refractivity contribution in [1.29, 1.82) is 0 Å². The van der Waals surface area contributed by atoms with Crippen molar-refractivity contribution in [3.63, 3.8) is 0 Å². The van der Waals surface area contributed by atoms with Gasteiger partial charge < -0.3 is 20.5 Å². The zero-order chi connectivity index (χ0) is 24.2. The summed E-state index contributed by atoms with van der Waals surface area (Å²) in [5.74, 6) is -0.578. The third-order valence-corrected chi connectivity index (χ3v) is 6.46. The van der Waals surface area contributed by atoms with Crippen molar-refractivity contribution in [1.82, 2.24) is 15.2 Å². The molecule has 2 heterocycles. The van der Waals surface area contributed by atoms with E-state index in [-0.39, 0.29) is 41.4 Å². The number of benzene rings is 2. The lowest BCUT2D eigenvalue weighted by molar-refractivity contribution is 0.0951. The number of aromatic nitrogens is 1. The molecule has 174 valence electrons. The molecule has 0 aliphatic rings. The van der Waals surface area contributed by atoms with Gasteiger partial charge in [-0.15, -0.1) is 11.3 Å². The third-order valence-electron chi connectivity index (χ3n) is 5.26. The Morgan fingerprint density at radius 3 is 2.38 bits per heavy atom. The standard InChI is InChI=1S/C24H21N3O6S/c1-33-19-18-20(34-21(19)22(29)25-11-12-26-24(31)32)15-9-5-6-10-16(15)27(23(18)30)13-17(28)14-7-3-2-4-8-14/h2-10,26H,11-13H2,1H3,(H,25,29)(H,31,32). The number of carboxylic acid groups (broad SMARTS) is 1. The van der Waals surface area contributed by atoms with Gasteiger partial charge in [0.1, 0.15) is 10.3 Å². The molecule has 2 amide bonds. The maximum Gasteiger partial charge on any atom is 0.404 e. The number of methoxy groups -OCH3 is 1. The minimum Gasteiger partial charge on any atom is -0.494 e. The van der Waals surface area contributed by atoms with Crippen LogP contribution in [0.2, 0.25) is 0 Å². The summed E-state index contributed by atoms with van der Waals surface area (Å²) in [5, 5.41) is 14.4. The highest BCUT2D eigenvalue weighted by molar-refractivity contribution is 7.22. The fourth-order valence-corrected chi connectivity index (χ4v) is 4.94. The minimum absolute atomic E-state index is 0.0334. The van der Waals surface area contributed by atoms with Crippen LogP contribution >= 0.6 is 11.3 Å². The van der Waals surface area contributed by atoms with Crippen LogP contribution in [0.1, 0.15) is 20.0 Å². The molecule has 0 aliphatic heterocycles. The number of ketones is 1. The van der Waals surface area contributed by atoms with Gasteiger partial charge in [-0.2, -0.15) is 0 Å². The lowest BCUT2D eigenvalue weighted by Crippen LogP contribution is -2.33. The molecule has 0 spiro atoms. The quantitative estimate of drug-likeness (QED) is 0.263. The number of hydrogen-bond acceptors (Lipinski definition) is 6. The Kier molecular flexibility index (Phi) is 6.60. The average molecular weight is 480 g/mol. The molecule has 2 aromatic carbocycles. The number of amides is 2. The molecule has 10 heteroatoms. The van der Waals surface area contributed by atoms with Crippen LogP contribution in [0.25, 0.3) is 21.0 Å². The predicted molar refractivity (Wildman–Crippen MR) is 129 cm³/mol. The van der Waals surface area contributed by atoms with Crippen LogP contribution in [-0.4, -0.2) is 47.7 Å². The lowest BCUT2D eigenvalue weighted by atomic mass is 10.1. The topological polar surface area (TPSA) is 127 Å². The first-order chi connectivity index (χ1) is 16.4. The van der Waals surface area contributed by atoms with Gasteiger partial charge in [0.15, 0.2) is 11.5 Å².